The Morgan fingerprint density at radius 1 is 1.04 bits per heavy atom. The monoisotopic (exact) mass is 337 g/mol. The minimum absolute atomic E-state index is 0.303. The fourth-order valence-corrected chi connectivity index (χ4v) is 3.55. The van der Waals surface area contributed by atoms with Gasteiger partial charge >= 0.3 is 0 Å². The molecular weight excluding hydrogens is 318 g/mol. The Kier molecular flexibility index (Phi) is 3.60. The molecule has 3 aromatic rings. The van der Waals surface area contributed by atoms with Crippen LogP contribution in [0.5, 0.6) is 17.2 Å². The van der Waals surface area contributed by atoms with Crippen molar-refractivity contribution < 1.29 is 14.6 Å². The van der Waals surface area contributed by atoms with E-state index in [1.165, 1.54) is 0 Å². The van der Waals surface area contributed by atoms with E-state index >= 15 is 0 Å². The van der Waals surface area contributed by atoms with Crippen LogP contribution in [0.15, 0.2) is 30.6 Å². The zero-order valence-electron chi connectivity index (χ0n) is 14.4. The molecule has 1 aliphatic heterocycles. The molecule has 1 aliphatic rings. The summed E-state index contributed by atoms with van der Waals surface area (Å²) >= 11 is 0. The number of ether oxygens (including phenoxy) is 2. The molecule has 6 heteroatoms. The molecule has 2 aromatic carbocycles. The van der Waals surface area contributed by atoms with Gasteiger partial charge in [-0.15, -0.1) is 0 Å². The van der Waals surface area contributed by atoms with Gasteiger partial charge in [-0.2, -0.15) is 0 Å². The zero-order chi connectivity index (χ0) is 17.6. The van der Waals surface area contributed by atoms with Gasteiger partial charge in [0.25, 0.3) is 0 Å². The number of hydrogen-bond acceptors (Lipinski definition) is 6. The molecule has 0 saturated heterocycles. The summed E-state index contributed by atoms with van der Waals surface area (Å²) in [6.45, 7) is 2.81. The molecule has 0 amide bonds. The van der Waals surface area contributed by atoms with Gasteiger partial charge < -0.3 is 19.5 Å². The van der Waals surface area contributed by atoms with Crippen LogP contribution in [0.3, 0.4) is 0 Å². The van der Waals surface area contributed by atoms with Crippen LogP contribution in [0.4, 0.5) is 11.5 Å². The van der Waals surface area contributed by atoms with Gasteiger partial charge in [0.1, 0.15) is 17.9 Å². The first-order valence-corrected chi connectivity index (χ1v) is 8.09. The van der Waals surface area contributed by atoms with Crippen molar-refractivity contribution in [2.24, 2.45) is 0 Å². The number of aryl methyl sites for hydroxylation is 1. The Labute approximate surface area is 145 Å². The second kappa shape index (κ2) is 5.81. The normalized spacial score (nSPS) is 13.2. The van der Waals surface area contributed by atoms with Crippen molar-refractivity contribution in [2.75, 3.05) is 25.7 Å². The molecule has 1 N–H and O–H groups in total. The van der Waals surface area contributed by atoms with Crippen molar-refractivity contribution in [1.82, 2.24) is 9.97 Å². The first-order chi connectivity index (χ1) is 12.1. The number of aromatic nitrogens is 2. The van der Waals surface area contributed by atoms with E-state index in [1.807, 2.05) is 25.1 Å². The number of nitrogens with zero attached hydrogens (tertiary/aromatic N) is 3. The summed E-state index contributed by atoms with van der Waals surface area (Å²) in [5.74, 6) is 2.42. The highest BCUT2D eigenvalue weighted by atomic mass is 16.5. The van der Waals surface area contributed by atoms with Gasteiger partial charge in [-0.3, -0.25) is 0 Å². The van der Waals surface area contributed by atoms with E-state index in [9.17, 15) is 5.11 Å². The molecule has 1 aromatic heterocycles. The number of phenolic OH excluding ortho intramolecular Hbond substituents is 1. The molecule has 128 valence electrons. The first-order valence-electron chi connectivity index (χ1n) is 8.09. The maximum absolute atomic E-state index is 9.86. The van der Waals surface area contributed by atoms with Crippen molar-refractivity contribution >= 4 is 22.4 Å². The van der Waals surface area contributed by atoms with Crippen LogP contribution >= 0.6 is 0 Å². The smallest absolute Gasteiger partial charge is 0.162 e. The Hall–Kier alpha value is -3.02. The van der Waals surface area contributed by atoms with Gasteiger partial charge in [0, 0.05) is 23.7 Å². The standard InChI is InChI=1S/C19H19N3O3/c1-11-6-13(23)7-12-4-5-22(18(11)12)19-14-8-16(24-2)17(25-3)9-15(14)20-10-21-19/h6-10,23H,4-5H2,1-3H3. The Bertz CT molecular complexity index is 972. The Morgan fingerprint density at radius 2 is 1.80 bits per heavy atom. The molecule has 0 spiro atoms. The summed E-state index contributed by atoms with van der Waals surface area (Å²) in [7, 11) is 3.23. The Balaban J connectivity index is 1.92. The van der Waals surface area contributed by atoms with Gasteiger partial charge in [0.05, 0.1) is 19.7 Å². The van der Waals surface area contributed by atoms with Crippen LogP contribution in [0.25, 0.3) is 10.9 Å². The maximum atomic E-state index is 9.86. The van der Waals surface area contributed by atoms with Gasteiger partial charge in [0.15, 0.2) is 11.5 Å². The third-order valence-electron chi connectivity index (χ3n) is 4.61. The molecule has 0 atom stereocenters. The number of fused-ring (bicyclic) bond motifs is 2. The lowest BCUT2D eigenvalue weighted by molar-refractivity contribution is 0.356. The minimum atomic E-state index is 0.303. The maximum Gasteiger partial charge on any atom is 0.162 e. The predicted molar refractivity (Wildman–Crippen MR) is 96.2 cm³/mol. The third kappa shape index (κ3) is 2.41. The Morgan fingerprint density at radius 3 is 2.56 bits per heavy atom. The molecular formula is C19H19N3O3. The fraction of sp³-hybridized carbons (Fsp3) is 0.263. The summed E-state index contributed by atoms with van der Waals surface area (Å²) < 4.78 is 10.8. The van der Waals surface area contributed by atoms with E-state index in [1.54, 1.807) is 26.6 Å². The van der Waals surface area contributed by atoms with Crippen LogP contribution in [-0.2, 0) is 6.42 Å². The van der Waals surface area contributed by atoms with E-state index < -0.39 is 0 Å². The second-order valence-corrected chi connectivity index (χ2v) is 6.09. The molecule has 0 fully saturated rings. The van der Waals surface area contributed by atoms with Crippen molar-refractivity contribution in [3.05, 3.63) is 41.7 Å². The zero-order valence-corrected chi connectivity index (χ0v) is 14.4. The highest BCUT2D eigenvalue weighted by molar-refractivity contribution is 5.94. The summed E-state index contributed by atoms with van der Waals surface area (Å²) in [5.41, 5.74) is 4.06. The number of benzene rings is 2. The van der Waals surface area contributed by atoms with Crippen molar-refractivity contribution in [3.63, 3.8) is 0 Å². The minimum Gasteiger partial charge on any atom is -0.508 e. The van der Waals surface area contributed by atoms with Crippen LogP contribution in [-0.4, -0.2) is 35.8 Å². The van der Waals surface area contributed by atoms with Crippen molar-refractivity contribution in [2.45, 2.75) is 13.3 Å². The lowest BCUT2D eigenvalue weighted by Crippen LogP contribution is -2.16. The number of aromatic hydroxyl groups is 1. The van der Waals surface area contributed by atoms with Crippen molar-refractivity contribution in [3.8, 4) is 17.2 Å². The number of hydrogen-bond donors (Lipinski definition) is 1. The molecule has 4 rings (SSSR count). The number of phenols is 1. The SMILES string of the molecule is COc1cc2ncnc(N3CCc4cc(O)cc(C)c43)c2cc1OC. The molecule has 2 heterocycles. The first kappa shape index (κ1) is 15.5. The van der Waals surface area contributed by atoms with Gasteiger partial charge in [0.2, 0.25) is 0 Å². The van der Waals surface area contributed by atoms with Gasteiger partial charge in [-0.05, 0) is 42.7 Å². The molecule has 0 saturated carbocycles. The second-order valence-electron chi connectivity index (χ2n) is 6.09. The number of methoxy groups -OCH3 is 2. The highest BCUT2D eigenvalue weighted by Crippen LogP contribution is 2.42. The van der Waals surface area contributed by atoms with E-state index in [-0.39, 0.29) is 0 Å². The molecule has 0 radical (unpaired) electrons. The lowest BCUT2D eigenvalue weighted by atomic mass is 10.1. The number of rotatable bonds is 3. The van der Waals surface area contributed by atoms with E-state index in [0.29, 0.717) is 17.2 Å². The summed E-state index contributed by atoms with van der Waals surface area (Å²) in [5, 5.41) is 10.8. The highest BCUT2D eigenvalue weighted by Gasteiger charge is 2.26. The van der Waals surface area contributed by atoms with Crippen LogP contribution in [0, 0.1) is 6.92 Å². The molecule has 25 heavy (non-hydrogen) atoms. The molecule has 0 unspecified atom stereocenters. The van der Waals surface area contributed by atoms with Crippen LogP contribution in [0.2, 0.25) is 0 Å². The van der Waals surface area contributed by atoms with Crippen LogP contribution < -0.4 is 14.4 Å². The summed E-state index contributed by atoms with van der Waals surface area (Å²) in [4.78, 5) is 11.1. The van der Waals surface area contributed by atoms with Gasteiger partial charge in [-0.1, -0.05) is 0 Å². The lowest BCUT2D eigenvalue weighted by Gasteiger charge is -2.22. The van der Waals surface area contributed by atoms with Crippen LogP contribution in [0.1, 0.15) is 11.1 Å². The molecule has 0 aliphatic carbocycles. The average molecular weight is 337 g/mol. The predicted octanol–water partition coefficient (Wildman–Crippen LogP) is 3.36. The molecule has 6 nitrogen and oxygen atoms in total. The quantitative estimate of drug-likeness (QED) is 0.790. The van der Waals surface area contributed by atoms with E-state index in [4.69, 9.17) is 9.47 Å². The average Bonchev–Trinajstić information content (AvgIpc) is 3.03. The largest absolute Gasteiger partial charge is 0.508 e. The summed E-state index contributed by atoms with van der Waals surface area (Å²) in [6, 6.07) is 7.39. The van der Waals surface area contributed by atoms with E-state index in [2.05, 4.69) is 14.9 Å². The summed E-state index contributed by atoms with van der Waals surface area (Å²) in [6.07, 6.45) is 2.43. The molecule has 0 bridgehead atoms. The van der Waals surface area contributed by atoms with Gasteiger partial charge in [-0.25, -0.2) is 9.97 Å². The fourth-order valence-electron chi connectivity index (χ4n) is 3.55. The topological polar surface area (TPSA) is 67.7 Å². The third-order valence-corrected chi connectivity index (χ3v) is 4.61. The number of anilines is 2. The van der Waals surface area contributed by atoms with E-state index in [0.717, 1.165) is 46.5 Å². The van der Waals surface area contributed by atoms with Crippen molar-refractivity contribution in [1.29, 1.82) is 0 Å².